The van der Waals surface area contributed by atoms with E-state index in [1.807, 2.05) is 0 Å². The number of benzene rings is 2. The van der Waals surface area contributed by atoms with Crippen molar-refractivity contribution in [3.05, 3.63) is 58.1 Å². The average molecular weight is 306 g/mol. The van der Waals surface area contributed by atoms with Crippen LogP contribution in [0.2, 0.25) is 5.02 Å². The summed E-state index contributed by atoms with van der Waals surface area (Å²) in [6.07, 6.45) is 0. The van der Waals surface area contributed by atoms with Crippen LogP contribution in [0.15, 0.2) is 36.4 Å². The lowest BCUT2D eigenvalue weighted by molar-refractivity contribution is 0.0698. The van der Waals surface area contributed by atoms with Gasteiger partial charge >= 0.3 is 5.97 Å². The molecule has 0 atom stereocenters. The number of rotatable bonds is 3. The highest BCUT2D eigenvalue weighted by Gasteiger charge is 2.18. The third kappa shape index (κ3) is 3.14. The number of aromatic carboxylic acids is 1. The first-order valence-corrected chi connectivity index (χ1v) is 6.40. The van der Waals surface area contributed by atoms with Gasteiger partial charge in [0.25, 0.3) is 5.91 Å². The first kappa shape index (κ1) is 14.9. The molecule has 1 amide bonds. The Morgan fingerprint density at radius 1 is 1.19 bits per heavy atom. The van der Waals surface area contributed by atoms with Gasteiger partial charge in [0, 0.05) is 0 Å². The monoisotopic (exact) mass is 305 g/mol. The lowest BCUT2D eigenvalue weighted by atomic mass is 10.1. The van der Waals surface area contributed by atoms with Gasteiger partial charge in [-0.25, -0.2) is 4.79 Å². The molecule has 0 heterocycles. The fraction of sp³-hybridized carbons (Fsp3) is 0.0667. The Morgan fingerprint density at radius 3 is 2.52 bits per heavy atom. The Bertz CT molecular complexity index is 728. The first-order chi connectivity index (χ1) is 9.90. The van der Waals surface area contributed by atoms with Gasteiger partial charge < -0.3 is 15.5 Å². The van der Waals surface area contributed by atoms with Crippen molar-refractivity contribution in [2.24, 2.45) is 0 Å². The lowest BCUT2D eigenvalue weighted by Gasteiger charge is -2.10. The van der Waals surface area contributed by atoms with Crippen LogP contribution < -0.4 is 5.32 Å². The number of carboxylic acids is 1. The number of phenolic OH excluding ortho intramolecular Hbond substituents is 1. The summed E-state index contributed by atoms with van der Waals surface area (Å²) >= 11 is 5.82. The van der Waals surface area contributed by atoms with E-state index in [0.717, 1.165) is 5.56 Å². The molecule has 0 aliphatic rings. The van der Waals surface area contributed by atoms with E-state index in [2.05, 4.69) is 5.32 Å². The van der Waals surface area contributed by atoms with Crippen LogP contribution in [-0.2, 0) is 0 Å². The van der Waals surface area contributed by atoms with E-state index in [-0.39, 0.29) is 27.6 Å². The Hall–Kier alpha value is -2.53. The van der Waals surface area contributed by atoms with Gasteiger partial charge in [-0.2, -0.15) is 0 Å². The molecule has 2 rings (SSSR count). The largest absolute Gasteiger partial charge is 0.507 e. The van der Waals surface area contributed by atoms with Crippen LogP contribution in [-0.4, -0.2) is 22.1 Å². The average Bonchev–Trinajstić information content (AvgIpc) is 2.37. The molecular formula is C15H12ClNO4. The van der Waals surface area contributed by atoms with Gasteiger partial charge in [0.15, 0.2) is 0 Å². The molecule has 3 N–H and O–H groups in total. The van der Waals surface area contributed by atoms with Gasteiger partial charge in [0.05, 0.1) is 16.3 Å². The van der Waals surface area contributed by atoms with Crippen LogP contribution in [0.3, 0.4) is 0 Å². The second-order valence-electron chi connectivity index (χ2n) is 4.44. The van der Waals surface area contributed by atoms with Crippen molar-refractivity contribution in [3.8, 4) is 5.75 Å². The molecular weight excluding hydrogens is 294 g/mol. The Morgan fingerprint density at radius 2 is 1.90 bits per heavy atom. The number of halogens is 1. The molecule has 2 aromatic carbocycles. The van der Waals surface area contributed by atoms with Crippen LogP contribution >= 0.6 is 11.6 Å². The molecule has 108 valence electrons. The van der Waals surface area contributed by atoms with Gasteiger partial charge in [-0.15, -0.1) is 0 Å². The minimum absolute atomic E-state index is 0.0217. The zero-order valence-corrected chi connectivity index (χ0v) is 11.8. The SMILES string of the molecule is Cc1ccc(C(=O)Nc2cccc(Cl)c2C(=O)O)c(O)c1. The summed E-state index contributed by atoms with van der Waals surface area (Å²) in [5, 5.41) is 21.4. The van der Waals surface area contributed by atoms with Gasteiger partial charge in [-0.05, 0) is 36.8 Å². The van der Waals surface area contributed by atoms with Gasteiger partial charge in [0.1, 0.15) is 11.3 Å². The van der Waals surface area contributed by atoms with E-state index in [0.29, 0.717) is 0 Å². The molecule has 0 spiro atoms. The summed E-state index contributed by atoms with van der Waals surface area (Å²) in [6, 6.07) is 8.96. The maximum absolute atomic E-state index is 12.1. The molecule has 0 saturated heterocycles. The molecule has 21 heavy (non-hydrogen) atoms. The molecule has 6 heteroatoms. The summed E-state index contributed by atoms with van der Waals surface area (Å²) < 4.78 is 0. The molecule has 2 aromatic rings. The Kier molecular flexibility index (Phi) is 4.14. The smallest absolute Gasteiger partial charge is 0.339 e. The lowest BCUT2D eigenvalue weighted by Crippen LogP contribution is -2.15. The third-order valence-corrected chi connectivity index (χ3v) is 3.19. The number of amides is 1. The number of anilines is 1. The number of carbonyl (C=O) groups excluding carboxylic acids is 1. The zero-order valence-electron chi connectivity index (χ0n) is 11.1. The molecule has 0 bridgehead atoms. The molecule has 5 nitrogen and oxygen atoms in total. The second kappa shape index (κ2) is 5.85. The minimum atomic E-state index is -1.25. The van der Waals surface area contributed by atoms with Crippen LogP contribution in [0, 0.1) is 6.92 Å². The maximum Gasteiger partial charge on any atom is 0.339 e. The van der Waals surface area contributed by atoms with E-state index < -0.39 is 11.9 Å². The molecule has 0 aliphatic heterocycles. The second-order valence-corrected chi connectivity index (χ2v) is 4.85. The number of carboxylic acid groups (broad SMARTS) is 1. The highest BCUT2D eigenvalue weighted by Crippen LogP contribution is 2.26. The summed E-state index contributed by atoms with van der Waals surface area (Å²) in [5.74, 6) is -2.03. The van der Waals surface area contributed by atoms with E-state index >= 15 is 0 Å². The van der Waals surface area contributed by atoms with Crippen molar-refractivity contribution in [2.75, 3.05) is 5.32 Å². The van der Waals surface area contributed by atoms with E-state index in [4.69, 9.17) is 16.7 Å². The predicted octanol–water partition coefficient (Wildman–Crippen LogP) is 3.30. The van der Waals surface area contributed by atoms with Crippen molar-refractivity contribution in [1.29, 1.82) is 0 Å². The number of phenols is 1. The number of hydrogen-bond donors (Lipinski definition) is 3. The van der Waals surface area contributed by atoms with Crippen LogP contribution in [0.1, 0.15) is 26.3 Å². The third-order valence-electron chi connectivity index (χ3n) is 2.87. The summed E-state index contributed by atoms with van der Waals surface area (Å²) in [7, 11) is 0. The number of aromatic hydroxyl groups is 1. The number of aryl methyl sites for hydroxylation is 1. The van der Waals surface area contributed by atoms with Crippen molar-refractivity contribution >= 4 is 29.2 Å². The van der Waals surface area contributed by atoms with Crippen LogP contribution in [0.4, 0.5) is 5.69 Å². The minimum Gasteiger partial charge on any atom is -0.507 e. The summed E-state index contributed by atoms with van der Waals surface area (Å²) in [5.41, 5.74) is 0.731. The number of nitrogens with one attached hydrogen (secondary N) is 1. The van der Waals surface area contributed by atoms with Gasteiger partial charge in [-0.3, -0.25) is 4.79 Å². The normalized spacial score (nSPS) is 10.2. The summed E-state index contributed by atoms with van der Waals surface area (Å²) in [4.78, 5) is 23.3. The molecule has 0 radical (unpaired) electrons. The topological polar surface area (TPSA) is 86.6 Å². The van der Waals surface area contributed by atoms with Gasteiger partial charge in [0.2, 0.25) is 0 Å². The predicted molar refractivity (Wildman–Crippen MR) is 79.2 cm³/mol. The Balaban J connectivity index is 2.36. The fourth-order valence-electron chi connectivity index (χ4n) is 1.87. The fourth-order valence-corrected chi connectivity index (χ4v) is 2.12. The van der Waals surface area contributed by atoms with Crippen molar-refractivity contribution in [1.82, 2.24) is 0 Å². The van der Waals surface area contributed by atoms with E-state index in [1.54, 1.807) is 13.0 Å². The van der Waals surface area contributed by atoms with Gasteiger partial charge in [-0.1, -0.05) is 23.7 Å². The molecule has 0 saturated carbocycles. The standard InChI is InChI=1S/C15H12ClNO4/c1-8-5-6-9(12(18)7-8)14(19)17-11-4-2-3-10(16)13(11)15(20)21/h2-7,18H,1H3,(H,17,19)(H,20,21). The molecule has 0 unspecified atom stereocenters. The Labute approximate surface area is 125 Å². The number of carbonyl (C=O) groups is 2. The van der Waals surface area contributed by atoms with Crippen molar-refractivity contribution in [2.45, 2.75) is 6.92 Å². The first-order valence-electron chi connectivity index (χ1n) is 6.03. The number of hydrogen-bond acceptors (Lipinski definition) is 3. The van der Waals surface area contributed by atoms with Crippen molar-refractivity contribution < 1.29 is 19.8 Å². The van der Waals surface area contributed by atoms with Crippen molar-refractivity contribution in [3.63, 3.8) is 0 Å². The summed E-state index contributed by atoms with van der Waals surface area (Å²) in [6.45, 7) is 1.78. The van der Waals surface area contributed by atoms with E-state index in [1.165, 1.54) is 30.3 Å². The van der Waals surface area contributed by atoms with Crippen LogP contribution in [0.25, 0.3) is 0 Å². The molecule has 0 aliphatic carbocycles. The zero-order chi connectivity index (χ0) is 15.6. The van der Waals surface area contributed by atoms with Crippen LogP contribution in [0.5, 0.6) is 5.75 Å². The van der Waals surface area contributed by atoms with E-state index in [9.17, 15) is 14.7 Å². The highest BCUT2D eigenvalue weighted by molar-refractivity contribution is 6.34. The molecule has 0 aromatic heterocycles. The quantitative estimate of drug-likeness (QED) is 0.812. The highest BCUT2D eigenvalue weighted by atomic mass is 35.5. The maximum atomic E-state index is 12.1. The molecule has 0 fully saturated rings.